The summed E-state index contributed by atoms with van der Waals surface area (Å²) in [6.07, 6.45) is 1.59. The Morgan fingerprint density at radius 2 is 2.18 bits per heavy atom. The van der Waals surface area contributed by atoms with E-state index in [4.69, 9.17) is 10.5 Å². The molecule has 3 N–H and O–H groups in total. The lowest BCUT2D eigenvalue weighted by atomic mass is 10.1. The lowest BCUT2D eigenvalue weighted by Crippen LogP contribution is -2.35. The molecule has 94 valence electrons. The van der Waals surface area contributed by atoms with Crippen LogP contribution in [0.4, 0.5) is 5.69 Å². The predicted octanol–water partition coefficient (Wildman–Crippen LogP) is 1.90. The first-order valence-corrected chi connectivity index (χ1v) is 5.82. The van der Waals surface area contributed by atoms with Gasteiger partial charge in [0.1, 0.15) is 0 Å². The van der Waals surface area contributed by atoms with Crippen LogP contribution in [0.15, 0.2) is 24.3 Å². The van der Waals surface area contributed by atoms with Crippen molar-refractivity contribution >= 4 is 11.6 Å². The van der Waals surface area contributed by atoms with Crippen LogP contribution in [0.2, 0.25) is 0 Å². The van der Waals surface area contributed by atoms with Gasteiger partial charge in [-0.05, 0) is 12.5 Å². The minimum atomic E-state index is -0.449. The van der Waals surface area contributed by atoms with Gasteiger partial charge in [0.15, 0.2) is 0 Å². The number of ether oxygens (including phenoxy) is 1. The van der Waals surface area contributed by atoms with E-state index in [1.807, 2.05) is 31.2 Å². The molecule has 1 rings (SSSR count). The maximum absolute atomic E-state index is 11.8. The molecule has 0 saturated carbocycles. The van der Waals surface area contributed by atoms with Gasteiger partial charge in [-0.1, -0.05) is 31.5 Å². The van der Waals surface area contributed by atoms with Crippen molar-refractivity contribution in [2.45, 2.75) is 32.4 Å². The van der Waals surface area contributed by atoms with Gasteiger partial charge in [-0.2, -0.15) is 0 Å². The topological polar surface area (TPSA) is 64.4 Å². The van der Waals surface area contributed by atoms with Crippen molar-refractivity contribution in [3.05, 3.63) is 29.8 Å². The molecule has 0 aliphatic rings. The highest BCUT2D eigenvalue weighted by atomic mass is 16.5. The van der Waals surface area contributed by atoms with Crippen molar-refractivity contribution in [3.63, 3.8) is 0 Å². The van der Waals surface area contributed by atoms with Crippen LogP contribution in [0.1, 0.15) is 25.3 Å². The summed E-state index contributed by atoms with van der Waals surface area (Å²) < 4.78 is 5.08. The molecule has 0 radical (unpaired) electrons. The molecule has 0 fully saturated rings. The molecule has 0 spiro atoms. The standard InChI is InChI=1S/C13H20N2O2/c1-3-6-11(14)13(16)15-12-8-5-4-7-10(12)9-17-2/h4-5,7-8,11H,3,6,9,14H2,1-2H3,(H,15,16). The summed E-state index contributed by atoms with van der Waals surface area (Å²) >= 11 is 0. The van der Waals surface area contributed by atoms with Gasteiger partial charge < -0.3 is 15.8 Å². The number of rotatable bonds is 6. The number of methoxy groups -OCH3 is 1. The van der Waals surface area contributed by atoms with Crippen LogP contribution in [0.5, 0.6) is 0 Å². The Labute approximate surface area is 102 Å². The third kappa shape index (κ3) is 4.17. The van der Waals surface area contributed by atoms with Crippen LogP contribution < -0.4 is 11.1 Å². The van der Waals surface area contributed by atoms with Gasteiger partial charge in [0.25, 0.3) is 0 Å². The largest absolute Gasteiger partial charge is 0.380 e. The highest BCUT2D eigenvalue weighted by Crippen LogP contribution is 2.16. The predicted molar refractivity (Wildman–Crippen MR) is 68.7 cm³/mol. The summed E-state index contributed by atoms with van der Waals surface area (Å²) in [6.45, 7) is 2.48. The number of anilines is 1. The molecule has 0 aliphatic heterocycles. The normalized spacial score (nSPS) is 12.2. The van der Waals surface area contributed by atoms with Gasteiger partial charge in [-0.15, -0.1) is 0 Å². The Hall–Kier alpha value is -1.39. The van der Waals surface area contributed by atoms with Crippen LogP contribution in [-0.4, -0.2) is 19.1 Å². The van der Waals surface area contributed by atoms with E-state index in [-0.39, 0.29) is 5.91 Å². The Kier molecular flexibility index (Phi) is 5.66. The first kappa shape index (κ1) is 13.7. The molecular formula is C13H20N2O2. The van der Waals surface area contributed by atoms with E-state index in [0.29, 0.717) is 13.0 Å². The summed E-state index contributed by atoms with van der Waals surface area (Å²) in [4.78, 5) is 11.8. The number of carbonyl (C=O) groups excluding carboxylic acids is 1. The number of hydrogen-bond acceptors (Lipinski definition) is 3. The van der Waals surface area contributed by atoms with Gasteiger partial charge in [-0.3, -0.25) is 4.79 Å². The molecule has 0 heterocycles. The van der Waals surface area contributed by atoms with Crippen molar-refractivity contribution in [1.29, 1.82) is 0 Å². The van der Waals surface area contributed by atoms with Gasteiger partial charge >= 0.3 is 0 Å². The summed E-state index contributed by atoms with van der Waals surface area (Å²) in [6, 6.07) is 7.11. The number of para-hydroxylation sites is 1. The Morgan fingerprint density at radius 1 is 1.47 bits per heavy atom. The van der Waals surface area contributed by atoms with E-state index in [9.17, 15) is 4.79 Å². The third-order valence-corrected chi connectivity index (χ3v) is 2.51. The molecule has 1 atom stereocenters. The number of carbonyl (C=O) groups is 1. The number of nitrogens with two attached hydrogens (primary N) is 1. The zero-order chi connectivity index (χ0) is 12.7. The van der Waals surface area contributed by atoms with Gasteiger partial charge in [0, 0.05) is 18.4 Å². The third-order valence-electron chi connectivity index (χ3n) is 2.51. The van der Waals surface area contributed by atoms with Crippen LogP contribution in [0.3, 0.4) is 0 Å². The summed E-state index contributed by atoms with van der Waals surface area (Å²) in [5, 5.41) is 2.84. The maximum atomic E-state index is 11.8. The second-order valence-electron chi connectivity index (χ2n) is 3.97. The number of benzene rings is 1. The van der Waals surface area contributed by atoms with Crippen LogP contribution in [-0.2, 0) is 16.1 Å². The molecule has 0 aromatic heterocycles. The quantitative estimate of drug-likeness (QED) is 0.793. The lowest BCUT2D eigenvalue weighted by Gasteiger charge is -2.14. The second-order valence-corrected chi connectivity index (χ2v) is 3.97. The van der Waals surface area contributed by atoms with Crippen LogP contribution >= 0.6 is 0 Å². The van der Waals surface area contributed by atoms with Crippen molar-refractivity contribution in [1.82, 2.24) is 0 Å². The van der Waals surface area contributed by atoms with Crippen LogP contribution in [0, 0.1) is 0 Å². The van der Waals surface area contributed by atoms with E-state index in [2.05, 4.69) is 5.32 Å². The first-order valence-electron chi connectivity index (χ1n) is 5.82. The summed E-state index contributed by atoms with van der Waals surface area (Å²) in [7, 11) is 1.63. The van der Waals surface area contributed by atoms with Gasteiger partial charge in [0.05, 0.1) is 12.6 Å². The highest BCUT2D eigenvalue weighted by molar-refractivity contribution is 5.95. The lowest BCUT2D eigenvalue weighted by molar-refractivity contribution is -0.117. The number of nitrogens with one attached hydrogen (secondary N) is 1. The second kappa shape index (κ2) is 7.04. The van der Waals surface area contributed by atoms with E-state index < -0.39 is 6.04 Å². The molecule has 0 bridgehead atoms. The molecule has 1 aromatic carbocycles. The molecule has 1 unspecified atom stereocenters. The zero-order valence-electron chi connectivity index (χ0n) is 10.4. The molecule has 0 aliphatic carbocycles. The number of amides is 1. The zero-order valence-corrected chi connectivity index (χ0v) is 10.4. The Balaban J connectivity index is 2.70. The van der Waals surface area contributed by atoms with Gasteiger partial charge in [-0.25, -0.2) is 0 Å². The summed E-state index contributed by atoms with van der Waals surface area (Å²) in [5.41, 5.74) is 7.48. The molecule has 1 aromatic rings. The van der Waals surface area contributed by atoms with Crippen LogP contribution in [0.25, 0.3) is 0 Å². The maximum Gasteiger partial charge on any atom is 0.241 e. The molecule has 4 nitrogen and oxygen atoms in total. The average molecular weight is 236 g/mol. The Morgan fingerprint density at radius 3 is 2.82 bits per heavy atom. The summed E-state index contributed by atoms with van der Waals surface area (Å²) in [5.74, 6) is -0.143. The van der Waals surface area contributed by atoms with E-state index >= 15 is 0 Å². The average Bonchev–Trinajstić information content (AvgIpc) is 2.32. The molecule has 1 amide bonds. The van der Waals surface area contributed by atoms with E-state index in [0.717, 1.165) is 17.7 Å². The smallest absolute Gasteiger partial charge is 0.241 e. The fourth-order valence-corrected chi connectivity index (χ4v) is 1.59. The monoisotopic (exact) mass is 236 g/mol. The SMILES string of the molecule is CCCC(N)C(=O)Nc1ccccc1COC. The van der Waals surface area contributed by atoms with Crippen molar-refractivity contribution < 1.29 is 9.53 Å². The highest BCUT2D eigenvalue weighted by Gasteiger charge is 2.13. The Bertz CT molecular complexity index is 366. The van der Waals surface area contributed by atoms with E-state index in [1.54, 1.807) is 7.11 Å². The van der Waals surface area contributed by atoms with Crippen molar-refractivity contribution in [3.8, 4) is 0 Å². The fourth-order valence-electron chi connectivity index (χ4n) is 1.59. The molecular weight excluding hydrogens is 216 g/mol. The molecule has 17 heavy (non-hydrogen) atoms. The van der Waals surface area contributed by atoms with E-state index in [1.165, 1.54) is 0 Å². The van der Waals surface area contributed by atoms with Crippen molar-refractivity contribution in [2.75, 3.05) is 12.4 Å². The first-order chi connectivity index (χ1) is 8.19. The molecule has 0 saturated heterocycles. The fraction of sp³-hybridized carbons (Fsp3) is 0.462. The van der Waals surface area contributed by atoms with Crippen molar-refractivity contribution in [2.24, 2.45) is 5.73 Å². The number of hydrogen-bond donors (Lipinski definition) is 2. The molecule has 4 heteroatoms. The minimum Gasteiger partial charge on any atom is -0.380 e. The van der Waals surface area contributed by atoms with Gasteiger partial charge in [0.2, 0.25) is 5.91 Å². The minimum absolute atomic E-state index is 0.143.